The molecule has 0 atom stereocenters. The number of nitro benzene ring substituents is 1. The minimum atomic E-state index is -0.521. The van der Waals surface area contributed by atoms with Crippen LogP contribution >= 0.6 is 0 Å². The number of hydrogen-bond acceptors (Lipinski definition) is 5. The monoisotopic (exact) mass is 406 g/mol. The fraction of sp³-hybridized carbons (Fsp3) is 0.292. The standard InChI is InChI=1S/C24H26N2O4/c1-24(2,3)30-23(27)18-25(4)16-15-21(20-10-6-5-7-11-20)14-13-19-9-8-12-22(17-19)26(28)29/h5-12,15,17H,16,18H2,1-4H3. The van der Waals surface area contributed by atoms with Crippen LogP contribution in [-0.4, -0.2) is 41.5 Å². The summed E-state index contributed by atoms with van der Waals surface area (Å²) in [5.74, 6) is 5.82. The molecule has 0 saturated heterocycles. The van der Waals surface area contributed by atoms with E-state index >= 15 is 0 Å². The number of carbonyl (C=O) groups excluding carboxylic acids is 1. The van der Waals surface area contributed by atoms with Gasteiger partial charge in [0.15, 0.2) is 0 Å². The van der Waals surface area contributed by atoms with Crippen LogP contribution < -0.4 is 0 Å². The zero-order valence-electron chi connectivity index (χ0n) is 17.7. The number of non-ortho nitro benzene ring substituents is 1. The van der Waals surface area contributed by atoms with Gasteiger partial charge in [-0.2, -0.15) is 0 Å². The lowest BCUT2D eigenvalue weighted by Gasteiger charge is -2.22. The van der Waals surface area contributed by atoms with Gasteiger partial charge in [-0.3, -0.25) is 19.8 Å². The first kappa shape index (κ1) is 22.9. The molecular formula is C24H26N2O4. The minimum absolute atomic E-state index is 0.00383. The summed E-state index contributed by atoms with van der Waals surface area (Å²) < 4.78 is 5.35. The van der Waals surface area contributed by atoms with E-state index in [-0.39, 0.29) is 18.2 Å². The number of likely N-dealkylation sites (N-methyl/N-ethyl adjacent to an activating group) is 1. The molecule has 156 valence electrons. The van der Waals surface area contributed by atoms with Crippen LogP contribution in [0.5, 0.6) is 0 Å². The Bertz CT molecular complexity index is 980. The Labute approximate surface area is 177 Å². The summed E-state index contributed by atoms with van der Waals surface area (Å²) in [5.41, 5.74) is 1.75. The van der Waals surface area contributed by atoms with Crippen molar-refractivity contribution >= 4 is 17.2 Å². The van der Waals surface area contributed by atoms with Gasteiger partial charge in [0.1, 0.15) is 5.60 Å². The van der Waals surface area contributed by atoms with E-state index in [0.29, 0.717) is 12.1 Å². The predicted molar refractivity (Wildman–Crippen MR) is 118 cm³/mol. The summed E-state index contributed by atoms with van der Waals surface area (Å²) in [5, 5.41) is 11.0. The topological polar surface area (TPSA) is 72.7 Å². The molecule has 0 saturated carbocycles. The SMILES string of the molecule is CN(CC=C(C#Cc1cccc([N+](=O)[O-])c1)c1ccccc1)CC(=O)OC(C)(C)C. The first-order valence-electron chi connectivity index (χ1n) is 9.56. The average molecular weight is 406 g/mol. The molecule has 0 aliphatic carbocycles. The van der Waals surface area contributed by atoms with Crippen molar-refractivity contribution in [3.8, 4) is 11.8 Å². The Hall–Kier alpha value is -3.43. The van der Waals surface area contributed by atoms with Gasteiger partial charge >= 0.3 is 5.97 Å². The highest BCUT2D eigenvalue weighted by molar-refractivity contribution is 5.80. The molecule has 0 spiro atoms. The van der Waals surface area contributed by atoms with Crippen LogP contribution in [0.2, 0.25) is 0 Å². The van der Waals surface area contributed by atoms with Crippen molar-refractivity contribution in [2.45, 2.75) is 26.4 Å². The fourth-order valence-electron chi connectivity index (χ4n) is 2.60. The van der Waals surface area contributed by atoms with E-state index < -0.39 is 10.5 Å². The molecule has 0 heterocycles. The van der Waals surface area contributed by atoms with Gasteiger partial charge in [-0.1, -0.05) is 54.3 Å². The molecule has 6 nitrogen and oxygen atoms in total. The van der Waals surface area contributed by atoms with E-state index in [1.165, 1.54) is 12.1 Å². The summed E-state index contributed by atoms with van der Waals surface area (Å²) in [4.78, 5) is 24.4. The summed E-state index contributed by atoms with van der Waals surface area (Å²) >= 11 is 0. The van der Waals surface area contributed by atoms with Crippen molar-refractivity contribution in [3.05, 3.63) is 81.9 Å². The number of nitrogens with zero attached hydrogens (tertiary/aromatic N) is 2. The third-order valence-electron chi connectivity index (χ3n) is 3.91. The molecule has 6 heteroatoms. The highest BCUT2D eigenvalue weighted by atomic mass is 16.6. The van der Waals surface area contributed by atoms with E-state index in [4.69, 9.17) is 4.74 Å². The Balaban J connectivity index is 2.20. The Morgan fingerprint density at radius 2 is 1.87 bits per heavy atom. The number of carbonyl (C=O) groups is 1. The fourth-order valence-corrected chi connectivity index (χ4v) is 2.60. The molecular weight excluding hydrogens is 380 g/mol. The molecule has 0 unspecified atom stereocenters. The highest BCUT2D eigenvalue weighted by Gasteiger charge is 2.17. The van der Waals surface area contributed by atoms with E-state index in [0.717, 1.165) is 11.1 Å². The smallest absolute Gasteiger partial charge is 0.320 e. The Morgan fingerprint density at radius 1 is 1.17 bits per heavy atom. The van der Waals surface area contributed by atoms with Gasteiger partial charge in [-0.25, -0.2) is 0 Å². The number of benzene rings is 2. The van der Waals surface area contributed by atoms with Gasteiger partial charge in [0.05, 0.1) is 11.5 Å². The van der Waals surface area contributed by atoms with Gasteiger partial charge < -0.3 is 4.74 Å². The van der Waals surface area contributed by atoms with Crippen molar-refractivity contribution < 1.29 is 14.5 Å². The summed E-state index contributed by atoms with van der Waals surface area (Å²) in [6, 6.07) is 15.9. The number of esters is 1. The van der Waals surface area contributed by atoms with Crippen molar-refractivity contribution in [1.29, 1.82) is 0 Å². The normalized spacial score (nSPS) is 11.6. The second-order valence-electron chi connectivity index (χ2n) is 7.82. The van der Waals surface area contributed by atoms with Gasteiger partial charge in [0.2, 0.25) is 0 Å². The molecule has 0 aliphatic heterocycles. The zero-order chi connectivity index (χ0) is 22.1. The Morgan fingerprint density at radius 3 is 2.50 bits per heavy atom. The number of rotatable bonds is 6. The van der Waals surface area contributed by atoms with Gasteiger partial charge in [-0.15, -0.1) is 0 Å². The predicted octanol–water partition coefficient (Wildman–Crippen LogP) is 4.30. The van der Waals surface area contributed by atoms with E-state index in [1.807, 2.05) is 69.1 Å². The van der Waals surface area contributed by atoms with Crippen molar-refractivity contribution in [2.24, 2.45) is 0 Å². The van der Waals surface area contributed by atoms with E-state index in [9.17, 15) is 14.9 Å². The van der Waals surface area contributed by atoms with Crippen LogP contribution in [0, 0.1) is 22.0 Å². The largest absolute Gasteiger partial charge is 0.459 e. The van der Waals surface area contributed by atoms with Crippen LogP contribution in [-0.2, 0) is 9.53 Å². The molecule has 0 aliphatic rings. The maximum atomic E-state index is 12.0. The van der Waals surface area contributed by atoms with E-state index in [2.05, 4.69) is 11.8 Å². The number of hydrogen-bond donors (Lipinski definition) is 0. The molecule has 2 aromatic carbocycles. The quantitative estimate of drug-likeness (QED) is 0.309. The first-order chi connectivity index (χ1) is 14.1. The second-order valence-corrected chi connectivity index (χ2v) is 7.82. The molecule has 0 N–H and O–H groups in total. The average Bonchev–Trinajstić information content (AvgIpc) is 2.67. The lowest BCUT2D eigenvalue weighted by atomic mass is 10.1. The number of allylic oxidation sites excluding steroid dienone is 1. The summed E-state index contributed by atoms with van der Waals surface area (Å²) in [6.07, 6.45) is 1.93. The highest BCUT2D eigenvalue weighted by Crippen LogP contribution is 2.16. The van der Waals surface area contributed by atoms with Gasteiger partial charge in [-0.05, 0) is 39.4 Å². The van der Waals surface area contributed by atoms with Crippen LogP contribution in [0.1, 0.15) is 31.9 Å². The van der Waals surface area contributed by atoms with Gasteiger partial charge in [0, 0.05) is 29.8 Å². The van der Waals surface area contributed by atoms with Crippen molar-refractivity contribution in [3.63, 3.8) is 0 Å². The Kier molecular flexibility index (Phi) is 7.90. The third kappa shape index (κ3) is 7.90. The summed E-state index contributed by atoms with van der Waals surface area (Å²) in [6.45, 7) is 6.16. The number of ether oxygens (including phenoxy) is 1. The molecule has 0 bridgehead atoms. The summed E-state index contributed by atoms with van der Waals surface area (Å²) in [7, 11) is 1.83. The van der Waals surface area contributed by atoms with Gasteiger partial charge in [0.25, 0.3) is 5.69 Å². The molecule has 0 amide bonds. The molecule has 30 heavy (non-hydrogen) atoms. The maximum Gasteiger partial charge on any atom is 0.320 e. The van der Waals surface area contributed by atoms with Crippen molar-refractivity contribution in [1.82, 2.24) is 4.90 Å². The van der Waals surface area contributed by atoms with Crippen LogP contribution in [0.3, 0.4) is 0 Å². The van der Waals surface area contributed by atoms with Crippen LogP contribution in [0.25, 0.3) is 5.57 Å². The minimum Gasteiger partial charge on any atom is -0.459 e. The first-order valence-corrected chi connectivity index (χ1v) is 9.56. The lowest BCUT2D eigenvalue weighted by molar-refractivity contribution is -0.384. The van der Waals surface area contributed by atoms with Crippen LogP contribution in [0.15, 0.2) is 60.7 Å². The van der Waals surface area contributed by atoms with Crippen LogP contribution in [0.4, 0.5) is 5.69 Å². The molecule has 0 radical (unpaired) electrons. The lowest BCUT2D eigenvalue weighted by Crippen LogP contribution is -2.32. The zero-order valence-corrected chi connectivity index (χ0v) is 17.7. The molecule has 2 aromatic rings. The molecule has 2 rings (SSSR count). The van der Waals surface area contributed by atoms with Crippen molar-refractivity contribution in [2.75, 3.05) is 20.1 Å². The molecule has 0 aromatic heterocycles. The van der Waals surface area contributed by atoms with E-state index in [1.54, 1.807) is 12.1 Å². The third-order valence-corrected chi connectivity index (χ3v) is 3.91. The second kappa shape index (κ2) is 10.4. The molecule has 0 fully saturated rings. The number of nitro groups is 1. The maximum absolute atomic E-state index is 12.0.